The fourth-order valence-electron chi connectivity index (χ4n) is 2.73. The van der Waals surface area contributed by atoms with Crippen LogP contribution in [0.5, 0.6) is 0 Å². The lowest BCUT2D eigenvalue weighted by Gasteiger charge is -2.26. The van der Waals surface area contributed by atoms with Gasteiger partial charge < -0.3 is 9.64 Å². The number of esters is 1. The van der Waals surface area contributed by atoms with Crippen molar-refractivity contribution in [3.63, 3.8) is 0 Å². The first-order chi connectivity index (χ1) is 12.1. The molecule has 5 nitrogen and oxygen atoms in total. The van der Waals surface area contributed by atoms with Crippen LogP contribution in [0.1, 0.15) is 25.0 Å². The predicted molar refractivity (Wildman–Crippen MR) is 95.5 cm³/mol. The topological polar surface area (TPSA) is 59.0 Å². The Morgan fingerprint density at radius 3 is 2.60 bits per heavy atom. The summed E-state index contributed by atoms with van der Waals surface area (Å²) < 4.78 is 5.38. The third-order valence-electron chi connectivity index (χ3n) is 4.22. The molecule has 0 aliphatic carbocycles. The molecule has 0 radical (unpaired) electrons. The number of benzene rings is 2. The van der Waals surface area contributed by atoms with Crippen LogP contribution < -0.4 is 0 Å². The molecular weight excluding hydrogens is 316 g/mol. The van der Waals surface area contributed by atoms with E-state index in [1.54, 1.807) is 13.8 Å². The molecule has 0 bridgehead atoms. The average Bonchev–Trinajstić information content (AvgIpc) is 2.77. The van der Waals surface area contributed by atoms with Crippen molar-refractivity contribution in [2.24, 2.45) is 4.99 Å². The van der Waals surface area contributed by atoms with E-state index in [1.807, 2.05) is 54.6 Å². The molecule has 128 valence electrons. The van der Waals surface area contributed by atoms with Crippen LogP contribution in [0, 0.1) is 0 Å². The molecule has 1 aliphatic heterocycles. The number of ether oxygens (including phenoxy) is 1. The highest BCUT2D eigenvalue weighted by Crippen LogP contribution is 2.25. The van der Waals surface area contributed by atoms with Crippen LogP contribution in [0.4, 0.5) is 5.69 Å². The summed E-state index contributed by atoms with van der Waals surface area (Å²) in [6, 6.07) is 16.3. The maximum atomic E-state index is 12.6. The van der Waals surface area contributed by atoms with Crippen molar-refractivity contribution in [3.8, 4) is 0 Å². The highest BCUT2D eigenvalue weighted by atomic mass is 16.5. The van der Waals surface area contributed by atoms with Crippen LogP contribution >= 0.6 is 0 Å². The van der Waals surface area contributed by atoms with Crippen LogP contribution in [-0.2, 0) is 27.5 Å². The lowest BCUT2D eigenvalue weighted by Crippen LogP contribution is -2.45. The van der Waals surface area contributed by atoms with Gasteiger partial charge in [-0.2, -0.15) is 0 Å². The number of rotatable bonds is 4. The maximum absolute atomic E-state index is 12.6. The molecule has 1 aliphatic rings. The van der Waals surface area contributed by atoms with Crippen LogP contribution in [0.2, 0.25) is 0 Å². The number of fused-ring (bicyclic) bond motifs is 1. The van der Waals surface area contributed by atoms with E-state index in [2.05, 4.69) is 4.99 Å². The van der Waals surface area contributed by atoms with Crippen molar-refractivity contribution in [2.45, 2.75) is 33.0 Å². The number of para-hydroxylation sites is 1. The van der Waals surface area contributed by atoms with E-state index in [0.29, 0.717) is 12.3 Å². The van der Waals surface area contributed by atoms with E-state index in [9.17, 15) is 9.59 Å². The molecule has 1 heterocycles. The molecule has 0 saturated heterocycles. The SMILES string of the molecule is CC1=Nc2ccccc2CN([C@@H](C)C(=O)OCc2ccccc2)C1=O. The van der Waals surface area contributed by atoms with E-state index < -0.39 is 12.0 Å². The molecule has 25 heavy (non-hydrogen) atoms. The van der Waals surface area contributed by atoms with E-state index >= 15 is 0 Å². The van der Waals surface area contributed by atoms with Gasteiger partial charge in [-0.3, -0.25) is 4.79 Å². The molecule has 0 fully saturated rings. The number of amides is 1. The minimum absolute atomic E-state index is 0.190. The number of hydrogen-bond donors (Lipinski definition) is 0. The fraction of sp³-hybridized carbons (Fsp3) is 0.250. The van der Waals surface area contributed by atoms with Gasteiger partial charge in [0.1, 0.15) is 18.4 Å². The second kappa shape index (κ2) is 7.30. The van der Waals surface area contributed by atoms with Gasteiger partial charge >= 0.3 is 5.97 Å². The third kappa shape index (κ3) is 3.76. The Morgan fingerprint density at radius 2 is 1.84 bits per heavy atom. The van der Waals surface area contributed by atoms with E-state index in [4.69, 9.17) is 4.74 Å². The van der Waals surface area contributed by atoms with Crippen molar-refractivity contribution < 1.29 is 14.3 Å². The Hall–Kier alpha value is -2.95. The third-order valence-corrected chi connectivity index (χ3v) is 4.22. The molecule has 2 aromatic carbocycles. The normalized spacial score (nSPS) is 15.0. The van der Waals surface area contributed by atoms with Gasteiger partial charge in [-0.1, -0.05) is 48.5 Å². The Morgan fingerprint density at radius 1 is 1.16 bits per heavy atom. The molecule has 5 heteroatoms. The van der Waals surface area contributed by atoms with Crippen LogP contribution in [0.25, 0.3) is 0 Å². The molecule has 0 saturated carbocycles. The molecule has 0 aromatic heterocycles. The summed E-state index contributed by atoms with van der Waals surface area (Å²) in [7, 11) is 0. The first-order valence-corrected chi connectivity index (χ1v) is 8.21. The predicted octanol–water partition coefficient (Wildman–Crippen LogP) is 3.25. The number of carbonyl (C=O) groups is 2. The van der Waals surface area contributed by atoms with Crippen molar-refractivity contribution in [2.75, 3.05) is 0 Å². The van der Waals surface area contributed by atoms with Crippen LogP contribution in [0.15, 0.2) is 59.6 Å². The van der Waals surface area contributed by atoms with Gasteiger partial charge in [-0.15, -0.1) is 0 Å². The van der Waals surface area contributed by atoms with Crippen molar-refractivity contribution in [1.29, 1.82) is 0 Å². The van der Waals surface area contributed by atoms with Crippen molar-refractivity contribution in [1.82, 2.24) is 4.90 Å². The van der Waals surface area contributed by atoms with Crippen molar-refractivity contribution in [3.05, 3.63) is 65.7 Å². The van der Waals surface area contributed by atoms with Gasteiger partial charge in [0.15, 0.2) is 0 Å². The van der Waals surface area contributed by atoms with Crippen LogP contribution in [-0.4, -0.2) is 28.5 Å². The Labute approximate surface area is 146 Å². The summed E-state index contributed by atoms with van der Waals surface area (Å²) in [5, 5.41) is 0. The first-order valence-electron chi connectivity index (χ1n) is 8.21. The Balaban J connectivity index is 1.74. The zero-order chi connectivity index (χ0) is 17.8. The van der Waals surface area contributed by atoms with Gasteiger partial charge in [0.05, 0.1) is 5.69 Å². The van der Waals surface area contributed by atoms with Gasteiger partial charge in [0, 0.05) is 6.54 Å². The number of carbonyl (C=O) groups excluding carboxylic acids is 2. The minimum atomic E-state index is -0.687. The Bertz CT molecular complexity index is 815. The molecule has 3 rings (SSSR count). The average molecular weight is 336 g/mol. The molecule has 1 amide bonds. The summed E-state index contributed by atoms with van der Waals surface area (Å²) in [6.45, 7) is 3.87. The second-order valence-corrected chi connectivity index (χ2v) is 6.03. The fourth-order valence-corrected chi connectivity index (χ4v) is 2.73. The Kier molecular flexibility index (Phi) is 4.93. The number of hydrogen-bond acceptors (Lipinski definition) is 4. The maximum Gasteiger partial charge on any atom is 0.328 e. The summed E-state index contributed by atoms with van der Waals surface area (Å²) >= 11 is 0. The highest BCUT2D eigenvalue weighted by molar-refractivity contribution is 6.38. The molecule has 0 unspecified atom stereocenters. The highest BCUT2D eigenvalue weighted by Gasteiger charge is 2.31. The van der Waals surface area contributed by atoms with E-state index in [1.165, 1.54) is 4.90 Å². The molecule has 0 N–H and O–H groups in total. The van der Waals surface area contributed by atoms with E-state index in [-0.39, 0.29) is 12.5 Å². The zero-order valence-electron chi connectivity index (χ0n) is 14.3. The quantitative estimate of drug-likeness (QED) is 0.805. The molecule has 1 atom stereocenters. The van der Waals surface area contributed by atoms with Crippen LogP contribution in [0.3, 0.4) is 0 Å². The number of nitrogens with zero attached hydrogens (tertiary/aromatic N) is 2. The molecule has 2 aromatic rings. The van der Waals surface area contributed by atoms with Gasteiger partial charge in [-0.05, 0) is 31.0 Å². The standard InChI is InChI=1S/C20H20N2O3/c1-14-19(23)22(12-17-10-6-7-11-18(17)21-14)15(2)20(24)25-13-16-8-4-3-5-9-16/h3-11,15H,12-13H2,1-2H3/t15-/m0/s1. The molecule has 0 spiro atoms. The second-order valence-electron chi connectivity index (χ2n) is 6.03. The summed E-state index contributed by atoms with van der Waals surface area (Å²) in [6.07, 6.45) is 0. The van der Waals surface area contributed by atoms with E-state index in [0.717, 1.165) is 16.8 Å². The van der Waals surface area contributed by atoms with Gasteiger partial charge in [0.25, 0.3) is 5.91 Å². The number of aliphatic imine (C=N–C) groups is 1. The van der Waals surface area contributed by atoms with Gasteiger partial charge in [-0.25, -0.2) is 9.79 Å². The molecular formula is C20H20N2O3. The van der Waals surface area contributed by atoms with Gasteiger partial charge in [0.2, 0.25) is 0 Å². The lowest BCUT2D eigenvalue weighted by atomic mass is 10.1. The smallest absolute Gasteiger partial charge is 0.328 e. The summed E-state index contributed by atoms with van der Waals surface area (Å²) in [4.78, 5) is 30.9. The minimum Gasteiger partial charge on any atom is -0.459 e. The largest absolute Gasteiger partial charge is 0.459 e. The summed E-state index contributed by atoms with van der Waals surface area (Å²) in [5.41, 5.74) is 2.96. The first kappa shape index (κ1) is 16.9. The monoisotopic (exact) mass is 336 g/mol. The summed E-state index contributed by atoms with van der Waals surface area (Å²) in [5.74, 6) is -0.676. The zero-order valence-corrected chi connectivity index (χ0v) is 14.3. The lowest BCUT2D eigenvalue weighted by molar-refractivity contribution is -0.154. The van der Waals surface area contributed by atoms with Crippen molar-refractivity contribution >= 4 is 23.3 Å².